The van der Waals surface area contributed by atoms with Crippen molar-refractivity contribution in [2.24, 2.45) is 0 Å². The Morgan fingerprint density at radius 3 is 3.00 bits per heavy atom. The summed E-state index contributed by atoms with van der Waals surface area (Å²) in [5.74, 6) is 2.14. The molecule has 0 atom stereocenters. The molecule has 86 valence electrons. The Balaban J connectivity index is 2.09. The topological polar surface area (TPSA) is 69.2 Å². The first-order valence-corrected chi connectivity index (χ1v) is 5.14. The van der Waals surface area contributed by atoms with Gasteiger partial charge in [0, 0.05) is 12.6 Å². The van der Waals surface area contributed by atoms with Gasteiger partial charge in [-0.1, -0.05) is 0 Å². The predicted molar refractivity (Wildman–Crippen MR) is 60.9 cm³/mol. The first-order valence-electron chi connectivity index (χ1n) is 5.14. The molecule has 1 aliphatic heterocycles. The van der Waals surface area contributed by atoms with Gasteiger partial charge in [0.1, 0.15) is 12.0 Å². The van der Waals surface area contributed by atoms with Crippen LogP contribution in [0.25, 0.3) is 11.3 Å². The third-order valence-electron chi connectivity index (χ3n) is 2.50. The van der Waals surface area contributed by atoms with Gasteiger partial charge in [-0.2, -0.15) is 0 Å². The Morgan fingerprint density at radius 1 is 1.24 bits per heavy atom. The molecule has 1 aliphatic rings. The molecule has 2 heterocycles. The zero-order valence-electron chi connectivity index (χ0n) is 9.17. The predicted octanol–water partition coefficient (Wildman–Crippen LogP) is 1.31. The summed E-state index contributed by atoms with van der Waals surface area (Å²) in [6, 6.07) is 5.63. The summed E-state index contributed by atoms with van der Waals surface area (Å²) < 4.78 is 10.6. The quantitative estimate of drug-likeness (QED) is 0.838. The van der Waals surface area contributed by atoms with E-state index >= 15 is 0 Å². The molecule has 0 bridgehead atoms. The number of anilines is 1. The Hall–Kier alpha value is -2.37. The number of hydrogen-bond donors (Lipinski definition) is 1. The van der Waals surface area contributed by atoms with Crippen molar-refractivity contribution in [3.8, 4) is 22.8 Å². The molecule has 17 heavy (non-hydrogen) atoms. The summed E-state index contributed by atoms with van der Waals surface area (Å²) in [7, 11) is 1.79. The summed E-state index contributed by atoms with van der Waals surface area (Å²) in [6.45, 7) is 0.260. The van der Waals surface area contributed by atoms with Gasteiger partial charge in [-0.05, 0) is 18.2 Å². The highest BCUT2D eigenvalue weighted by Crippen LogP contribution is 2.36. The second-order valence-corrected chi connectivity index (χ2v) is 3.48. The normalized spacial score (nSPS) is 12.5. The van der Waals surface area contributed by atoms with E-state index in [1.165, 1.54) is 6.33 Å². The SMILES string of the molecule is CNc1ncnnc1-c1ccc2c(c1)OCO2. The highest BCUT2D eigenvalue weighted by Gasteiger charge is 2.16. The third-order valence-corrected chi connectivity index (χ3v) is 2.50. The van der Waals surface area contributed by atoms with Gasteiger partial charge in [-0.3, -0.25) is 0 Å². The minimum atomic E-state index is 0.260. The lowest BCUT2D eigenvalue weighted by Gasteiger charge is -2.06. The Labute approximate surface area is 97.6 Å². The fourth-order valence-electron chi connectivity index (χ4n) is 1.70. The Kier molecular flexibility index (Phi) is 2.25. The summed E-state index contributed by atoms with van der Waals surface area (Å²) in [5.41, 5.74) is 1.58. The first-order chi connectivity index (χ1) is 8.38. The second kappa shape index (κ2) is 3.89. The van der Waals surface area contributed by atoms with Crippen LogP contribution in [0.1, 0.15) is 0 Å². The maximum absolute atomic E-state index is 5.32. The molecule has 6 nitrogen and oxygen atoms in total. The van der Waals surface area contributed by atoms with Gasteiger partial charge in [-0.15, -0.1) is 10.2 Å². The molecule has 0 radical (unpaired) electrons. The highest BCUT2D eigenvalue weighted by atomic mass is 16.7. The number of ether oxygens (including phenoxy) is 2. The highest BCUT2D eigenvalue weighted by molar-refractivity contribution is 5.72. The zero-order chi connectivity index (χ0) is 11.7. The van der Waals surface area contributed by atoms with Gasteiger partial charge < -0.3 is 14.8 Å². The van der Waals surface area contributed by atoms with Crippen LogP contribution in [0.3, 0.4) is 0 Å². The van der Waals surface area contributed by atoms with Crippen LogP contribution in [-0.4, -0.2) is 29.0 Å². The molecule has 1 aromatic heterocycles. The number of rotatable bonds is 2. The molecule has 0 fully saturated rings. The van der Waals surface area contributed by atoms with E-state index in [1.807, 2.05) is 18.2 Å². The van der Waals surface area contributed by atoms with Crippen molar-refractivity contribution in [3.05, 3.63) is 24.5 Å². The van der Waals surface area contributed by atoms with E-state index in [1.54, 1.807) is 7.05 Å². The summed E-state index contributed by atoms with van der Waals surface area (Å²) in [6.07, 6.45) is 1.41. The molecule has 0 amide bonds. The summed E-state index contributed by atoms with van der Waals surface area (Å²) in [5, 5.41) is 10.8. The van der Waals surface area contributed by atoms with E-state index < -0.39 is 0 Å². The minimum Gasteiger partial charge on any atom is -0.454 e. The van der Waals surface area contributed by atoms with Crippen LogP contribution in [0, 0.1) is 0 Å². The van der Waals surface area contributed by atoms with Gasteiger partial charge in [0.15, 0.2) is 17.3 Å². The molecule has 0 saturated heterocycles. The van der Waals surface area contributed by atoms with Crippen molar-refractivity contribution in [3.63, 3.8) is 0 Å². The minimum absolute atomic E-state index is 0.260. The van der Waals surface area contributed by atoms with Crippen LogP contribution >= 0.6 is 0 Å². The van der Waals surface area contributed by atoms with E-state index in [9.17, 15) is 0 Å². The van der Waals surface area contributed by atoms with Crippen LogP contribution in [0.15, 0.2) is 24.5 Å². The Bertz CT molecular complexity index is 559. The first kappa shape index (κ1) is 9.83. The van der Waals surface area contributed by atoms with Crippen LogP contribution in [0.2, 0.25) is 0 Å². The molecule has 2 aromatic rings. The second-order valence-electron chi connectivity index (χ2n) is 3.48. The maximum Gasteiger partial charge on any atom is 0.231 e. The molecule has 6 heteroatoms. The molecule has 1 aromatic carbocycles. The van der Waals surface area contributed by atoms with E-state index in [0.717, 1.165) is 17.1 Å². The molecular formula is C11H10N4O2. The number of fused-ring (bicyclic) bond motifs is 1. The van der Waals surface area contributed by atoms with Crippen molar-refractivity contribution in [1.82, 2.24) is 15.2 Å². The monoisotopic (exact) mass is 230 g/mol. The zero-order valence-corrected chi connectivity index (χ0v) is 9.17. The van der Waals surface area contributed by atoms with Gasteiger partial charge in [0.2, 0.25) is 6.79 Å². The lowest BCUT2D eigenvalue weighted by Crippen LogP contribution is -1.99. The van der Waals surface area contributed by atoms with Crippen LogP contribution in [-0.2, 0) is 0 Å². The largest absolute Gasteiger partial charge is 0.454 e. The average molecular weight is 230 g/mol. The van der Waals surface area contributed by atoms with Crippen molar-refractivity contribution in [2.45, 2.75) is 0 Å². The maximum atomic E-state index is 5.32. The smallest absolute Gasteiger partial charge is 0.231 e. The Morgan fingerprint density at radius 2 is 2.12 bits per heavy atom. The molecule has 1 N–H and O–H groups in total. The standard InChI is InChI=1S/C11H10N4O2/c1-12-11-10(15-14-5-13-11)7-2-3-8-9(4-7)17-6-16-8/h2-5H,6H2,1H3,(H,12,13,14). The molecule has 0 spiro atoms. The lowest BCUT2D eigenvalue weighted by atomic mass is 10.1. The van der Waals surface area contributed by atoms with E-state index in [4.69, 9.17) is 9.47 Å². The summed E-state index contributed by atoms with van der Waals surface area (Å²) in [4.78, 5) is 4.11. The third kappa shape index (κ3) is 1.63. The molecule has 0 aliphatic carbocycles. The van der Waals surface area contributed by atoms with Gasteiger partial charge in [0.05, 0.1) is 0 Å². The van der Waals surface area contributed by atoms with E-state index in [2.05, 4.69) is 20.5 Å². The average Bonchev–Trinajstić information content (AvgIpc) is 2.85. The van der Waals surface area contributed by atoms with Gasteiger partial charge >= 0.3 is 0 Å². The molecule has 0 saturated carbocycles. The molecule has 0 unspecified atom stereocenters. The van der Waals surface area contributed by atoms with Crippen LogP contribution < -0.4 is 14.8 Å². The van der Waals surface area contributed by atoms with Gasteiger partial charge in [0.25, 0.3) is 0 Å². The molecular weight excluding hydrogens is 220 g/mol. The van der Waals surface area contributed by atoms with Crippen molar-refractivity contribution in [1.29, 1.82) is 0 Å². The fraction of sp³-hybridized carbons (Fsp3) is 0.182. The van der Waals surface area contributed by atoms with E-state index in [-0.39, 0.29) is 6.79 Å². The number of nitrogens with zero attached hydrogens (tertiary/aromatic N) is 3. The number of nitrogens with one attached hydrogen (secondary N) is 1. The fourth-order valence-corrected chi connectivity index (χ4v) is 1.70. The van der Waals surface area contributed by atoms with Gasteiger partial charge in [-0.25, -0.2) is 4.98 Å². The lowest BCUT2D eigenvalue weighted by molar-refractivity contribution is 0.174. The van der Waals surface area contributed by atoms with E-state index in [0.29, 0.717) is 11.5 Å². The molecule has 3 rings (SSSR count). The van der Waals surface area contributed by atoms with Crippen LogP contribution in [0.4, 0.5) is 5.82 Å². The number of aromatic nitrogens is 3. The van der Waals surface area contributed by atoms with Crippen LogP contribution in [0.5, 0.6) is 11.5 Å². The van der Waals surface area contributed by atoms with Crippen molar-refractivity contribution < 1.29 is 9.47 Å². The van der Waals surface area contributed by atoms with Crippen molar-refractivity contribution >= 4 is 5.82 Å². The van der Waals surface area contributed by atoms with Crippen molar-refractivity contribution in [2.75, 3.05) is 19.2 Å². The number of hydrogen-bond acceptors (Lipinski definition) is 6. The summed E-state index contributed by atoms with van der Waals surface area (Å²) >= 11 is 0. The number of benzene rings is 1.